The summed E-state index contributed by atoms with van der Waals surface area (Å²) in [5.74, 6) is -0.139. The number of benzene rings is 2. The molecule has 2 N–H and O–H groups in total. The maximum atomic E-state index is 11.9. The summed E-state index contributed by atoms with van der Waals surface area (Å²) in [5.41, 5.74) is 0.919. The van der Waals surface area contributed by atoms with Gasteiger partial charge in [0.2, 0.25) is 0 Å². The average Bonchev–Trinajstić information content (AvgIpc) is 2.74. The first kappa shape index (κ1) is 23.9. The van der Waals surface area contributed by atoms with Gasteiger partial charge in [0, 0.05) is 12.2 Å². The van der Waals surface area contributed by atoms with Crippen LogP contribution in [-0.4, -0.2) is 22.6 Å². The number of hydrogen-bond acceptors (Lipinski definition) is 3. The van der Waals surface area contributed by atoms with Gasteiger partial charge in [-0.25, -0.2) is 0 Å². The second kappa shape index (κ2) is 15.9. The van der Waals surface area contributed by atoms with E-state index < -0.39 is 0 Å². The molecule has 2 aromatic carbocycles. The van der Waals surface area contributed by atoms with Crippen LogP contribution in [0.2, 0.25) is 0 Å². The van der Waals surface area contributed by atoms with Crippen LogP contribution in [-0.2, 0) is 0 Å². The Morgan fingerprint density at radius 2 is 1.21 bits per heavy atom. The van der Waals surface area contributed by atoms with Gasteiger partial charge in [-0.1, -0.05) is 107 Å². The van der Waals surface area contributed by atoms with Crippen LogP contribution in [0.15, 0.2) is 54.6 Å². The smallest absolute Gasteiger partial charge is 0.196 e. The molecule has 0 bridgehead atoms. The molecular weight excluding hydrogens is 348 g/mol. The zero-order valence-electron chi connectivity index (χ0n) is 17.3. The minimum Gasteiger partial charge on any atom is -0.507 e. The summed E-state index contributed by atoms with van der Waals surface area (Å²) in [6.07, 6.45) is 13.3. The van der Waals surface area contributed by atoms with E-state index in [1.165, 1.54) is 63.9 Å². The van der Waals surface area contributed by atoms with Crippen molar-refractivity contribution in [3.05, 3.63) is 65.7 Å². The SMILES string of the molecule is CCCCCCCCCCCCO.O=C(c1ccccc1)c1ccccc1O. The molecule has 28 heavy (non-hydrogen) atoms. The van der Waals surface area contributed by atoms with Crippen LogP contribution in [0.1, 0.15) is 87.1 Å². The van der Waals surface area contributed by atoms with Gasteiger partial charge in [-0.2, -0.15) is 0 Å². The highest BCUT2D eigenvalue weighted by Crippen LogP contribution is 2.19. The topological polar surface area (TPSA) is 57.5 Å². The Balaban J connectivity index is 0.000000284. The van der Waals surface area contributed by atoms with Crippen molar-refractivity contribution in [2.75, 3.05) is 6.61 Å². The fraction of sp³-hybridized carbons (Fsp3) is 0.480. The molecule has 2 rings (SSSR count). The average molecular weight is 385 g/mol. The van der Waals surface area contributed by atoms with Gasteiger partial charge in [0.15, 0.2) is 5.78 Å². The first-order valence-electron chi connectivity index (χ1n) is 10.7. The molecule has 0 fully saturated rings. The van der Waals surface area contributed by atoms with E-state index in [4.69, 9.17) is 5.11 Å². The molecule has 0 unspecified atom stereocenters. The molecule has 0 atom stereocenters. The number of aromatic hydroxyl groups is 1. The number of unbranched alkanes of at least 4 members (excludes halogenated alkanes) is 9. The van der Waals surface area contributed by atoms with Gasteiger partial charge in [-0.15, -0.1) is 0 Å². The summed E-state index contributed by atoms with van der Waals surface area (Å²) in [5, 5.41) is 18.1. The molecule has 0 aliphatic rings. The quantitative estimate of drug-likeness (QED) is 0.323. The van der Waals surface area contributed by atoms with Crippen molar-refractivity contribution in [2.24, 2.45) is 0 Å². The van der Waals surface area contributed by atoms with Crippen molar-refractivity contribution in [1.29, 1.82) is 0 Å². The second-order valence-electron chi connectivity index (χ2n) is 7.12. The van der Waals surface area contributed by atoms with Crippen LogP contribution < -0.4 is 0 Å². The lowest BCUT2D eigenvalue weighted by Gasteiger charge is -2.02. The first-order valence-corrected chi connectivity index (χ1v) is 10.7. The van der Waals surface area contributed by atoms with Crippen LogP contribution in [0, 0.1) is 0 Å². The maximum Gasteiger partial charge on any atom is 0.196 e. The standard InChI is InChI=1S/C13H10O2.C12H26O/c14-12-9-5-4-8-11(12)13(15)10-6-2-1-3-7-10;1-2-3-4-5-6-7-8-9-10-11-12-13/h1-9,14H;13H,2-12H2,1H3. The highest BCUT2D eigenvalue weighted by Gasteiger charge is 2.11. The lowest BCUT2D eigenvalue weighted by Crippen LogP contribution is -2.00. The third-order valence-corrected chi connectivity index (χ3v) is 4.70. The third-order valence-electron chi connectivity index (χ3n) is 4.70. The van der Waals surface area contributed by atoms with Crippen molar-refractivity contribution in [2.45, 2.75) is 71.1 Å². The molecule has 0 radical (unpaired) electrons. The van der Waals surface area contributed by atoms with Crippen LogP contribution in [0.5, 0.6) is 5.75 Å². The predicted octanol–water partition coefficient (Wildman–Crippen LogP) is 6.52. The Morgan fingerprint density at radius 3 is 1.75 bits per heavy atom. The normalized spacial score (nSPS) is 10.2. The molecule has 0 aliphatic heterocycles. The number of carbonyl (C=O) groups is 1. The number of phenolic OH excluding ortho intramolecular Hbond substituents is 1. The van der Waals surface area contributed by atoms with E-state index in [0.717, 1.165) is 6.42 Å². The Hall–Kier alpha value is -2.13. The molecule has 0 saturated heterocycles. The van der Waals surface area contributed by atoms with E-state index in [2.05, 4.69) is 6.92 Å². The highest BCUT2D eigenvalue weighted by atomic mass is 16.3. The predicted molar refractivity (Wildman–Crippen MR) is 117 cm³/mol. The summed E-state index contributed by atoms with van der Waals surface area (Å²) in [6, 6.07) is 15.5. The number of para-hydroxylation sites is 1. The van der Waals surface area contributed by atoms with E-state index in [1.807, 2.05) is 6.07 Å². The fourth-order valence-electron chi connectivity index (χ4n) is 3.01. The fourth-order valence-corrected chi connectivity index (χ4v) is 3.01. The summed E-state index contributed by atoms with van der Waals surface area (Å²) in [7, 11) is 0. The number of phenols is 1. The summed E-state index contributed by atoms with van der Waals surface area (Å²) in [6.45, 7) is 2.63. The zero-order chi connectivity index (χ0) is 20.5. The molecule has 0 amide bonds. The number of carbonyl (C=O) groups excluding carboxylic acids is 1. The van der Waals surface area contributed by atoms with E-state index in [9.17, 15) is 9.90 Å². The molecule has 0 saturated carbocycles. The van der Waals surface area contributed by atoms with Gasteiger partial charge in [-0.05, 0) is 18.6 Å². The van der Waals surface area contributed by atoms with E-state index >= 15 is 0 Å². The van der Waals surface area contributed by atoms with Crippen molar-refractivity contribution in [1.82, 2.24) is 0 Å². The van der Waals surface area contributed by atoms with Gasteiger partial charge in [-0.3, -0.25) is 4.79 Å². The molecule has 0 aromatic heterocycles. The number of ketones is 1. The lowest BCUT2D eigenvalue weighted by molar-refractivity contribution is 0.103. The highest BCUT2D eigenvalue weighted by molar-refractivity contribution is 6.10. The van der Waals surface area contributed by atoms with Crippen LogP contribution in [0.4, 0.5) is 0 Å². The number of hydrogen-bond donors (Lipinski definition) is 2. The minimum atomic E-state index is -0.159. The van der Waals surface area contributed by atoms with Crippen LogP contribution >= 0.6 is 0 Å². The molecule has 3 heteroatoms. The first-order chi connectivity index (χ1) is 13.7. The molecule has 0 spiro atoms. The molecule has 0 heterocycles. The van der Waals surface area contributed by atoms with Crippen molar-refractivity contribution in [3.63, 3.8) is 0 Å². The Labute approximate surface area is 170 Å². The van der Waals surface area contributed by atoms with E-state index in [1.54, 1.807) is 42.5 Å². The molecule has 0 aliphatic carbocycles. The Bertz CT molecular complexity index is 627. The van der Waals surface area contributed by atoms with Crippen LogP contribution in [0.25, 0.3) is 0 Å². The van der Waals surface area contributed by atoms with Crippen molar-refractivity contribution >= 4 is 5.78 Å². The van der Waals surface area contributed by atoms with Gasteiger partial charge >= 0.3 is 0 Å². The van der Waals surface area contributed by atoms with Gasteiger partial charge in [0.25, 0.3) is 0 Å². The van der Waals surface area contributed by atoms with E-state index in [0.29, 0.717) is 17.7 Å². The molecule has 2 aromatic rings. The van der Waals surface area contributed by atoms with Crippen LogP contribution in [0.3, 0.4) is 0 Å². The summed E-state index contributed by atoms with van der Waals surface area (Å²) < 4.78 is 0. The van der Waals surface area contributed by atoms with Gasteiger partial charge in [0.05, 0.1) is 5.56 Å². The van der Waals surface area contributed by atoms with Gasteiger partial charge < -0.3 is 10.2 Å². The molecular formula is C25H36O3. The largest absolute Gasteiger partial charge is 0.507 e. The van der Waals surface area contributed by atoms with Crippen molar-refractivity contribution < 1.29 is 15.0 Å². The van der Waals surface area contributed by atoms with Crippen molar-refractivity contribution in [3.8, 4) is 5.75 Å². The lowest BCUT2D eigenvalue weighted by atomic mass is 10.0. The summed E-state index contributed by atoms with van der Waals surface area (Å²) in [4.78, 5) is 11.9. The monoisotopic (exact) mass is 384 g/mol. The number of aliphatic hydroxyl groups is 1. The van der Waals surface area contributed by atoms with Gasteiger partial charge in [0.1, 0.15) is 5.75 Å². The maximum absolute atomic E-state index is 11.9. The Morgan fingerprint density at radius 1 is 0.714 bits per heavy atom. The summed E-state index contributed by atoms with van der Waals surface area (Å²) >= 11 is 0. The minimum absolute atomic E-state index is 0.0198. The number of aliphatic hydroxyl groups excluding tert-OH is 1. The van der Waals surface area contributed by atoms with E-state index in [-0.39, 0.29) is 11.5 Å². The second-order valence-corrected chi connectivity index (χ2v) is 7.12. The third kappa shape index (κ3) is 10.3. The number of rotatable bonds is 12. The zero-order valence-corrected chi connectivity index (χ0v) is 17.3. The molecule has 3 nitrogen and oxygen atoms in total. The Kier molecular flexibility index (Phi) is 13.6. The molecule has 154 valence electrons.